The summed E-state index contributed by atoms with van der Waals surface area (Å²) in [5.41, 5.74) is 0. The maximum atomic E-state index is 5.77. The second-order valence-electron chi connectivity index (χ2n) is 11.8. The lowest BCUT2D eigenvalue weighted by Gasteiger charge is -2.29. The third-order valence-corrected chi connectivity index (χ3v) is 7.65. The lowest BCUT2D eigenvalue weighted by molar-refractivity contribution is -0.000104. The van der Waals surface area contributed by atoms with Crippen molar-refractivity contribution in [2.24, 2.45) is 11.8 Å². The van der Waals surface area contributed by atoms with E-state index >= 15 is 0 Å². The highest BCUT2D eigenvalue weighted by Gasteiger charge is 2.18. The van der Waals surface area contributed by atoms with E-state index in [1.165, 1.54) is 103 Å². The molecule has 0 aromatic rings. The quantitative estimate of drug-likeness (QED) is 0.344. The highest BCUT2D eigenvalue weighted by molar-refractivity contribution is 4.71. The molecule has 6 heteroatoms. The van der Waals surface area contributed by atoms with Gasteiger partial charge in [0.25, 0.3) is 0 Å². The van der Waals surface area contributed by atoms with Crippen LogP contribution < -0.4 is 0 Å². The monoisotopic (exact) mass is 513 g/mol. The van der Waals surface area contributed by atoms with Gasteiger partial charge < -0.3 is 28.9 Å². The van der Waals surface area contributed by atoms with Crippen molar-refractivity contribution in [3.05, 3.63) is 0 Å². The van der Waals surface area contributed by atoms with Crippen molar-refractivity contribution < 1.29 is 14.2 Å². The molecule has 0 saturated carbocycles. The second-order valence-corrected chi connectivity index (χ2v) is 11.8. The molecule has 3 fully saturated rings. The van der Waals surface area contributed by atoms with E-state index in [0.29, 0.717) is 18.1 Å². The molecule has 3 heterocycles. The van der Waals surface area contributed by atoms with Crippen molar-refractivity contribution >= 4 is 0 Å². The van der Waals surface area contributed by atoms with Crippen molar-refractivity contribution in [2.45, 2.75) is 97.2 Å². The predicted octanol–water partition coefficient (Wildman–Crippen LogP) is 5.41. The van der Waals surface area contributed by atoms with Crippen LogP contribution in [0.4, 0.5) is 0 Å². The molecule has 3 aliphatic heterocycles. The topological polar surface area (TPSA) is 37.4 Å². The van der Waals surface area contributed by atoms with Gasteiger partial charge in [0.2, 0.25) is 0 Å². The maximum Gasteiger partial charge on any atom is 0.0599 e. The van der Waals surface area contributed by atoms with Crippen LogP contribution >= 0.6 is 0 Å². The normalized spacial score (nSPS) is 21.7. The fourth-order valence-corrected chi connectivity index (χ4v) is 4.89. The average Bonchev–Trinajstić information content (AvgIpc) is 2.87. The first-order valence-corrected chi connectivity index (χ1v) is 15.1. The summed E-state index contributed by atoms with van der Waals surface area (Å²) in [6, 6.07) is 0. The Hall–Kier alpha value is -0.240. The SMILES string of the molecule is CC(C)COC1CCN(C)CC1.CCCCOC1CCN(C)CC1.COCCCC1CCN(C)CC1. The molecule has 36 heavy (non-hydrogen) atoms. The van der Waals surface area contributed by atoms with Crippen molar-refractivity contribution in [1.82, 2.24) is 14.7 Å². The maximum absolute atomic E-state index is 5.77. The van der Waals surface area contributed by atoms with Crippen LogP contribution in [0.5, 0.6) is 0 Å². The summed E-state index contributed by atoms with van der Waals surface area (Å²) in [6.45, 7) is 16.8. The third-order valence-electron chi connectivity index (χ3n) is 7.65. The Balaban J connectivity index is 0.000000270. The van der Waals surface area contributed by atoms with Crippen LogP contribution in [0, 0.1) is 11.8 Å². The highest BCUT2D eigenvalue weighted by atomic mass is 16.5. The van der Waals surface area contributed by atoms with Crippen LogP contribution in [0.25, 0.3) is 0 Å². The van der Waals surface area contributed by atoms with Gasteiger partial charge in [-0.15, -0.1) is 0 Å². The summed E-state index contributed by atoms with van der Waals surface area (Å²) in [5, 5.41) is 0. The van der Waals surface area contributed by atoms with Crippen LogP contribution in [0.2, 0.25) is 0 Å². The zero-order valence-electron chi connectivity index (χ0n) is 25.3. The van der Waals surface area contributed by atoms with Gasteiger partial charge in [-0.05, 0) is 104 Å². The molecule has 0 aliphatic carbocycles. The van der Waals surface area contributed by atoms with Crippen molar-refractivity contribution in [1.29, 1.82) is 0 Å². The van der Waals surface area contributed by atoms with E-state index in [9.17, 15) is 0 Å². The average molecular weight is 514 g/mol. The Morgan fingerprint density at radius 1 is 0.667 bits per heavy atom. The van der Waals surface area contributed by atoms with Gasteiger partial charge >= 0.3 is 0 Å². The summed E-state index contributed by atoms with van der Waals surface area (Å²) in [6.07, 6.45) is 13.8. The fourth-order valence-electron chi connectivity index (χ4n) is 4.89. The van der Waals surface area contributed by atoms with E-state index in [2.05, 4.69) is 56.6 Å². The van der Waals surface area contributed by atoms with E-state index in [1.54, 1.807) is 7.11 Å². The summed E-state index contributed by atoms with van der Waals surface area (Å²) < 4.78 is 16.6. The number of piperidine rings is 3. The minimum Gasteiger partial charge on any atom is -0.385 e. The number of rotatable bonds is 11. The van der Waals surface area contributed by atoms with E-state index in [4.69, 9.17) is 14.2 Å². The zero-order chi connectivity index (χ0) is 26.6. The molecule has 6 nitrogen and oxygen atoms in total. The van der Waals surface area contributed by atoms with E-state index in [1.807, 2.05) is 0 Å². The molecule has 3 rings (SSSR count). The first-order valence-electron chi connectivity index (χ1n) is 15.1. The van der Waals surface area contributed by atoms with Crippen LogP contribution in [0.1, 0.15) is 85.0 Å². The first-order chi connectivity index (χ1) is 17.3. The highest BCUT2D eigenvalue weighted by Crippen LogP contribution is 2.20. The molecule has 0 atom stereocenters. The van der Waals surface area contributed by atoms with Gasteiger partial charge in [0.05, 0.1) is 12.2 Å². The molecule has 0 aromatic heterocycles. The molecule has 0 bridgehead atoms. The molecule has 0 unspecified atom stereocenters. The Labute approximate surface area is 225 Å². The lowest BCUT2D eigenvalue weighted by Crippen LogP contribution is -2.34. The summed E-state index contributed by atoms with van der Waals surface area (Å²) in [4.78, 5) is 7.17. The van der Waals surface area contributed by atoms with E-state index in [-0.39, 0.29) is 0 Å². The number of ether oxygens (including phenoxy) is 3. The Morgan fingerprint density at radius 2 is 1.14 bits per heavy atom. The minimum atomic E-state index is 0.531. The number of likely N-dealkylation sites (tertiary alicyclic amines) is 3. The molecule has 0 aromatic carbocycles. The van der Waals surface area contributed by atoms with Gasteiger partial charge in [-0.25, -0.2) is 0 Å². The number of methoxy groups -OCH3 is 1. The molecule has 216 valence electrons. The second kappa shape index (κ2) is 21.7. The molecular formula is C30H63N3O3. The third kappa shape index (κ3) is 18.1. The number of nitrogens with zero attached hydrogens (tertiary/aromatic N) is 3. The Kier molecular flexibility index (Phi) is 20.3. The molecule has 0 spiro atoms. The molecule has 0 radical (unpaired) electrons. The lowest BCUT2D eigenvalue weighted by atomic mass is 9.93. The van der Waals surface area contributed by atoms with Crippen molar-refractivity contribution in [3.8, 4) is 0 Å². The fraction of sp³-hybridized carbons (Fsp3) is 1.00. The van der Waals surface area contributed by atoms with Crippen molar-refractivity contribution in [3.63, 3.8) is 0 Å². The minimum absolute atomic E-state index is 0.531. The number of hydrogen-bond acceptors (Lipinski definition) is 6. The van der Waals surface area contributed by atoms with Gasteiger partial charge in [-0.2, -0.15) is 0 Å². The van der Waals surface area contributed by atoms with Gasteiger partial charge in [0, 0.05) is 53.1 Å². The Morgan fingerprint density at radius 3 is 1.58 bits per heavy atom. The van der Waals surface area contributed by atoms with Crippen LogP contribution in [0.3, 0.4) is 0 Å². The van der Waals surface area contributed by atoms with Gasteiger partial charge in [-0.1, -0.05) is 27.2 Å². The molecule has 0 amide bonds. The van der Waals surface area contributed by atoms with Gasteiger partial charge in [-0.3, -0.25) is 0 Å². The van der Waals surface area contributed by atoms with E-state index < -0.39 is 0 Å². The van der Waals surface area contributed by atoms with Gasteiger partial charge in [0.15, 0.2) is 0 Å². The smallest absolute Gasteiger partial charge is 0.0599 e. The molecular weight excluding hydrogens is 450 g/mol. The largest absolute Gasteiger partial charge is 0.385 e. The zero-order valence-corrected chi connectivity index (χ0v) is 25.3. The summed E-state index contributed by atoms with van der Waals surface area (Å²) in [7, 11) is 8.36. The Bertz CT molecular complexity index is 442. The number of hydrogen-bond donors (Lipinski definition) is 0. The summed E-state index contributed by atoms with van der Waals surface area (Å²) >= 11 is 0. The molecule has 3 aliphatic rings. The predicted molar refractivity (Wildman–Crippen MR) is 154 cm³/mol. The number of unbranched alkanes of at least 4 members (excludes halogenated alkanes) is 1. The van der Waals surface area contributed by atoms with Crippen LogP contribution in [-0.4, -0.2) is 114 Å². The van der Waals surface area contributed by atoms with Gasteiger partial charge in [0.1, 0.15) is 0 Å². The first kappa shape index (κ1) is 33.8. The van der Waals surface area contributed by atoms with E-state index in [0.717, 1.165) is 25.7 Å². The standard InChI is InChI=1S/3C10H21NO/c1-9(2)8-12-10-4-6-11(3)7-5-10;1-11-7-5-10(6-8-11)4-3-9-12-2;1-3-4-9-12-10-5-7-11(2)8-6-10/h9-10H,4-8H2,1-3H3;2*10H,3-9H2,1-2H3. The van der Waals surface area contributed by atoms with Crippen LogP contribution in [0.15, 0.2) is 0 Å². The summed E-state index contributed by atoms with van der Waals surface area (Å²) in [5.74, 6) is 1.64. The molecule has 3 saturated heterocycles. The van der Waals surface area contributed by atoms with Crippen molar-refractivity contribution in [2.75, 3.05) is 87.3 Å². The van der Waals surface area contributed by atoms with Crippen LogP contribution in [-0.2, 0) is 14.2 Å². The molecule has 0 N–H and O–H groups in total.